The molecule has 9 heteroatoms. The van der Waals surface area contributed by atoms with Gasteiger partial charge in [0.25, 0.3) is 5.95 Å². The van der Waals surface area contributed by atoms with Crippen LogP contribution in [0.25, 0.3) is 5.57 Å². The minimum atomic E-state index is -5.11. The van der Waals surface area contributed by atoms with Gasteiger partial charge in [0, 0.05) is 59.1 Å². The summed E-state index contributed by atoms with van der Waals surface area (Å²) in [6, 6.07) is 23.7. The van der Waals surface area contributed by atoms with Crippen LogP contribution in [-0.2, 0) is 9.09 Å². The first kappa shape index (κ1) is 25.2. The molecule has 3 aromatic carbocycles. The molecule has 0 amide bonds. The number of hydrogen-bond acceptors (Lipinski definition) is 5. The van der Waals surface area contributed by atoms with E-state index in [9.17, 15) is 14.4 Å². The van der Waals surface area contributed by atoms with Crippen molar-refractivity contribution in [3.05, 3.63) is 95.9 Å². The van der Waals surface area contributed by atoms with Crippen LogP contribution >= 0.6 is 7.82 Å². The van der Waals surface area contributed by atoms with E-state index >= 15 is 0 Å². The third-order valence-electron chi connectivity index (χ3n) is 4.43. The summed E-state index contributed by atoms with van der Waals surface area (Å²) in [5.74, 6) is 0.0763. The Morgan fingerprint density at radius 2 is 1.37 bits per heavy atom. The maximum absolute atomic E-state index is 11.6. The Balaban J connectivity index is 0.00000160. The summed E-state index contributed by atoms with van der Waals surface area (Å²) in [5, 5.41) is 0. The number of phosphoric ester groups is 1. The third kappa shape index (κ3) is 5.40. The van der Waals surface area contributed by atoms with E-state index in [1.165, 1.54) is 0 Å². The molecule has 0 fully saturated rings. The van der Waals surface area contributed by atoms with Crippen molar-refractivity contribution in [2.24, 2.45) is 0 Å². The van der Waals surface area contributed by atoms with E-state index in [1.807, 2.05) is 66.5 Å². The van der Waals surface area contributed by atoms with E-state index in [2.05, 4.69) is 0 Å². The summed E-state index contributed by atoms with van der Waals surface area (Å²) < 4.78 is 22.3. The van der Waals surface area contributed by atoms with Crippen molar-refractivity contribution in [1.82, 2.24) is 0 Å². The minimum Gasteiger partial charge on any atom is -0.746 e. The van der Waals surface area contributed by atoms with Gasteiger partial charge in [0.15, 0.2) is 0 Å². The van der Waals surface area contributed by atoms with Crippen molar-refractivity contribution < 1.29 is 53.2 Å². The van der Waals surface area contributed by atoms with E-state index in [-0.39, 0.29) is 65.1 Å². The Bertz CT molecular complexity index is 1050. The molecular weight excluding hydrogens is 423 g/mol. The Hall–Kier alpha value is -1.05. The van der Waals surface area contributed by atoms with Gasteiger partial charge >= 0.3 is 37.4 Å². The summed E-state index contributed by atoms with van der Waals surface area (Å²) in [4.78, 5) is 23.0. The van der Waals surface area contributed by atoms with Crippen LogP contribution in [0.15, 0.2) is 84.8 Å². The van der Waals surface area contributed by atoms with Gasteiger partial charge in [-0.25, -0.2) is 0 Å². The topological polar surface area (TPSA) is 82.1 Å². The third-order valence-corrected chi connectivity index (χ3v) is 4.82. The second-order valence-corrected chi connectivity index (χ2v) is 7.35. The van der Waals surface area contributed by atoms with Crippen molar-refractivity contribution in [3.8, 4) is 5.75 Å². The fraction of sp³-hybridized carbons (Fsp3) is 0.0476. The molecule has 1 unspecified atom stereocenters. The Kier molecular flexibility index (Phi) is 8.83. The molecule has 143 valence electrons. The zero-order chi connectivity index (χ0) is 19.7. The molecule has 1 radical (unpaired) electrons. The monoisotopic (exact) mass is 440 g/mol. The standard InChI is InChI=1S/C21H18NO5P.2Na/c1-22-18-13-7-5-11-16(18)20(17-12-6-8-14-19(17)22)21(27-28(23,24)25)26-15-9-3-2-4-10-15;;/h2-14H,1H3,(H2,23,24,25);;/q;;+1/p-1. The Morgan fingerprint density at radius 3 is 1.87 bits per heavy atom. The summed E-state index contributed by atoms with van der Waals surface area (Å²) in [7, 11) is -3.18. The molecule has 1 N–H and O–H groups in total. The smallest absolute Gasteiger partial charge is 0.746 e. The molecule has 1 aliphatic heterocycles. The van der Waals surface area contributed by atoms with Crippen molar-refractivity contribution in [1.29, 1.82) is 0 Å². The van der Waals surface area contributed by atoms with E-state index in [0.29, 0.717) is 11.3 Å². The van der Waals surface area contributed by atoms with Gasteiger partial charge in [-0.1, -0.05) is 54.6 Å². The minimum absolute atomic E-state index is 0. The second kappa shape index (κ2) is 10.5. The molecule has 30 heavy (non-hydrogen) atoms. The first-order valence-corrected chi connectivity index (χ1v) is 10.1. The van der Waals surface area contributed by atoms with Gasteiger partial charge in [0.05, 0.1) is 5.57 Å². The molecule has 1 atom stereocenters. The number of fused-ring (bicyclic) bond motifs is 2. The van der Waals surface area contributed by atoms with Crippen molar-refractivity contribution >= 4 is 54.3 Å². The molecule has 4 rings (SSSR count). The first-order valence-electron chi connectivity index (χ1n) is 8.57. The largest absolute Gasteiger partial charge is 1.00 e. The number of nitrogens with zero attached hydrogens (tertiary/aromatic N) is 1. The van der Waals surface area contributed by atoms with Gasteiger partial charge in [-0.3, -0.25) is 4.57 Å². The maximum Gasteiger partial charge on any atom is 1.00 e. The molecule has 0 bridgehead atoms. The summed E-state index contributed by atoms with van der Waals surface area (Å²) in [5.41, 5.74) is 3.60. The molecule has 6 nitrogen and oxygen atoms in total. The van der Waals surface area contributed by atoms with Gasteiger partial charge in [0.2, 0.25) is 0 Å². The molecule has 0 saturated heterocycles. The fourth-order valence-electron chi connectivity index (χ4n) is 3.27. The van der Waals surface area contributed by atoms with Crippen LogP contribution in [0.4, 0.5) is 11.4 Å². The van der Waals surface area contributed by atoms with Crippen LogP contribution in [0, 0.1) is 0 Å². The molecule has 0 aliphatic carbocycles. The predicted molar refractivity (Wildman–Crippen MR) is 111 cm³/mol. The van der Waals surface area contributed by atoms with Crippen molar-refractivity contribution in [2.75, 3.05) is 11.9 Å². The molecule has 1 aliphatic rings. The fourth-order valence-corrected chi connectivity index (χ4v) is 3.60. The Morgan fingerprint density at radius 1 is 0.900 bits per heavy atom. The van der Waals surface area contributed by atoms with Crippen LogP contribution in [0.5, 0.6) is 5.75 Å². The molecule has 0 spiro atoms. The molecule has 1 heterocycles. The molecule has 3 aromatic rings. The number of phosphoric acid groups is 1. The summed E-state index contributed by atoms with van der Waals surface area (Å²) in [6.45, 7) is 0. The number of ether oxygens (including phenoxy) is 1. The molecular formula is C21H17NNa2O5P. The van der Waals surface area contributed by atoms with Crippen LogP contribution in [0.2, 0.25) is 0 Å². The molecule has 0 aromatic heterocycles. The second-order valence-electron chi connectivity index (χ2n) is 6.23. The van der Waals surface area contributed by atoms with E-state index in [1.54, 1.807) is 24.3 Å². The summed E-state index contributed by atoms with van der Waals surface area (Å²) >= 11 is 0. The number of hydrogen-bond donors (Lipinski definition) is 1. The van der Waals surface area contributed by atoms with Crippen molar-refractivity contribution in [3.63, 3.8) is 0 Å². The van der Waals surface area contributed by atoms with Gasteiger partial charge in [-0.2, -0.15) is 0 Å². The number of para-hydroxylation sites is 3. The van der Waals surface area contributed by atoms with E-state index < -0.39 is 7.82 Å². The predicted octanol–water partition coefficient (Wildman–Crippen LogP) is 0.664. The van der Waals surface area contributed by atoms with E-state index in [0.717, 1.165) is 22.5 Å². The normalized spacial score (nSPS) is 13.6. The molecule has 0 saturated carbocycles. The number of anilines is 2. The zero-order valence-corrected chi connectivity index (χ0v) is 21.9. The Labute approximate surface area is 219 Å². The SMILES string of the molecule is CN1c2ccccc2C(=C(Oc2ccccc2)OP(=O)([O-])O)c2ccccc21.[Na+].[Na]. The van der Waals surface area contributed by atoms with Crippen LogP contribution in [-0.4, -0.2) is 41.5 Å². The summed E-state index contributed by atoms with van der Waals surface area (Å²) in [6.07, 6.45) is 0. The average molecular weight is 440 g/mol. The van der Waals surface area contributed by atoms with Gasteiger partial charge in [0.1, 0.15) is 5.75 Å². The van der Waals surface area contributed by atoms with Crippen molar-refractivity contribution in [2.45, 2.75) is 0 Å². The van der Waals surface area contributed by atoms with Gasteiger partial charge in [-0.05, 0) is 24.3 Å². The zero-order valence-electron chi connectivity index (χ0n) is 17.0. The van der Waals surface area contributed by atoms with Gasteiger partial charge < -0.3 is 23.9 Å². The maximum atomic E-state index is 11.6. The van der Waals surface area contributed by atoms with Crippen LogP contribution in [0.1, 0.15) is 11.1 Å². The van der Waals surface area contributed by atoms with Gasteiger partial charge in [-0.15, -0.1) is 0 Å². The first-order chi connectivity index (χ1) is 13.4. The van der Waals surface area contributed by atoms with E-state index in [4.69, 9.17) is 9.26 Å². The number of rotatable bonds is 4. The van der Waals surface area contributed by atoms with Crippen LogP contribution < -0.4 is 44.1 Å². The van der Waals surface area contributed by atoms with Crippen LogP contribution in [0.3, 0.4) is 0 Å². The number of benzene rings is 3. The quantitative estimate of drug-likeness (QED) is 0.365. The average Bonchev–Trinajstić information content (AvgIpc) is 2.68.